The number of hydrogen-bond acceptors (Lipinski definition) is 1. The average Bonchev–Trinajstić information content (AvgIpc) is 2.06. The van der Waals surface area contributed by atoms with E-state index in [1.165, 1.54) is 25.7 Å². The van der Waals surface area contributed by atoms with E-state index in [1.807, 2.05) is 0 Å². The normalized spacial score (nSPS) is 19.3. The van der Waals surface area contributed by atoms with E-state index in [-0.39, 0.29) is 5.60 Å². The smallest absolute Gasteiger partial charge is 0.146 e. The predicted molar refractivity (Wildman–Crippen MR) is 56.3 cm³/mol. The lowest BCUT2D eigenvalue weighted by molar-refractivity contribution is 0.122. The van der Waals surface area contributed by atoms with Gasteiger partial charge in [0, 0.05) is 0 Å². The summed E-state index contributed by atoms with van der Waals surface area (Å²) < 4.78 is 5.54. The van der Waals surface area contributed by atoms with E-state index in [0.717, 1.165) is 16.9 Å². The summed E-state index contributed by atoms with van der Waals surface area (Å²) >= 11 is 0. The van der Waals surface area contributed by atoms with Gasteiger partial charge in [-0.05, 0) is 46.0 Å². The Hall–Kier alpha value is -0.0831. The molecule has 0 saturated heterocycles. The highest BCUT2D eigenvalue weighted by Gasteiger charge is 2.18. The second-order valence-corrected chi connectivity index (χ2v) is 4.66. The van der Waals surface area contributed by atoms with E-state index in [2.05, 4.69) is 19.9 Å². The third kappa shape index (κ3) is 3.11. The monoisotopic (exact) mass is 184 g/mol. The van der Waals surface area contributed by atoms with Crippen molar-refractivity contribution >= 4 is 10.5 Å². The van der Waals surface area contributed by atoms with Crippen LogP contribution in [0.4, 0.5) is 0 Å². The van der Waals surface area contributed by atoms with Crippen LogP contribution in [0.15, 0.2) is 11.6 Å². The lowest BCUT2D eigenvalue weighted by atomic mass is 9.91. The molecule has 0 heterocycles. The fourth-order valence-corrected chi connectivity index (χ4v) is 1.83. The molecule has 0 aromatic heterocycles. The molecule has 0 saturated carbocycles. The molecule has 0 radical (unpaired) electrons. The van der Waals surface area contributed by atoms with E-state index in [4.69, 9.17) is 4.43 Å². The standard InChI is InChI=1S/C10H20OSi/c1-10(2,11-12)8-9-6-4-3-5-7-9/h6H,3-5,7-8H2,1-2,12H3. The van der Waals surface area contributed by atoms with Crippen molar-refractivity contribution in [2.45, 2.75) is 51.6 Å². The van der Waals surface area contributed by atoms with Gasteiger partial charge in [-0.1, -0.05) is 11.6 Å². The molecule has 0 spiro atoms. The largest absolute Gasteiger partial charge is 0.423 e. The minimum absolute atomic E-state index is 0.0927. The maximum atomic E-state index is 5.54. The molecular weight excluding hydrogens is 164 g/mol. The van der Waals surface area contributed by atoms with E-state index in [1.54, 1.807) is 5.57 Å². The molecule has 0 bridgehead atoms. The molecule has 0 amide bonds. The van der Waals surface area contributed by atoms with Gasteiger partial charge in [-0.15, -0.1) is 0 Å². The average molecular weight is 184 g/mol. The van der Waals surface area contributed by atoms with Gasteiger partial charge in [-0.3, -0.25) is 0 Å². The van der Waals surface area contributed by atoms with Gasteiger partial charge in [0.05, 0.1) is 5.60 Å². The van der Waals surface area contributed by atoms with Gasteiger partial charge in [0.15, 0.2) is 0 Å². The number of allylic oxidation sites excluding steroid dienone is 1. The predicted octanol–water partition coefficient (Wildman–Crippen LogP) is 1.95. The Morgan fingerprint density at radius 3 is 2.75 bits per heavy atom. The van der Waals surface area contributed by atoms with Crippen LogP contribution in [-0.2, 0) is 4.43 Å². The zero-order chi connectivity index (χ0) is 9.03. The first kappa shape index (κ1) is 10.0. The molecule has 1 aliphatic carbocycles. The fraction of sp³-hybridized carbons (Fsp3) is 0.800. The molecule has 0 unspecified atom stereocenters. The summed E-state index contributed by atoms with van der Waals surface area (Å²) in [6.07, 6.45) is 8.89. The SMILES string of the molecule is CC(C)(CC1=CCCCC1)O[SiH3]. The first-order valence-corrected chi connectivity index (χ1v) is 5.69. The third-order valence-electron chi connectivity index (χ3n) is 2.59. The highest BCUT2D eigenvalue weighted by molar-refractivity contribution is 5.98. The van der Waals surface area contributed by atoms with E-state index in [0.29, 0.717) is 0 Å². The molecule has 0 aromatic carbocycles. The highest BCUT2D eigenvalue weighted by atomic mass is 28.2. The Balaban J connectivity index is 2.44. The van der Waals surface area contributed by atoms with Crippen LogP contribution >= 0.6 is 0 Å². The van der Waals surface area contributed by atoms with Gasteiger partial charge < -0.3 is 4.43 Å². The Bertz CT molecular complexity index is 173. The van der Waals surface area contributed by atoms with Crippen LogP contribution in [0.2, 0.25) is 0 Å². The quantitative estimate of drug-likeness (QED) is 0.481. The first-order chi connectivity index (χ1) is 5.64. The molecule has 12 heavy (non-hydrogen) atoms. The van der Waals surface area contributed by atoms with Gasteiger partial charge in [0.25, 0.3) is 0 Å². The third-order valence-corrected chi connectivity index (χ3v) is 3.70. The van der Waals surface area contributed by atoms with Gasteiger partial charge in [-0.25, -0.2) is 0 Å². The van der Waals surface area contributed by atoms with Crippen molar-refractivity contribution in [3.05, 3.63) is 11.6 Å². The second kappa shape index (κ2) is 4.24. The Labute approximate surface area is 78.7 Å². The van der Waals surface area contributed by atoms with Crippen LogP contribution in [0.1, 0.15) is 46.0 Å². The van der Waals surface area contributed by atoms with Crippen LogP contribution in [-0.4, -0.2) is 16.1 Å². The zero-order valence-corrected chi connectivity index (χ0v) is 10.5. The second-order valence-electron chi connectivity index (χ2n) is 4.25. The topological polar surface area (TPSA) is 9.23 Å². The van der Waals surface area contributed by atoms with Crippen molar-refractivity contribution in [1.82, 2.24) is 0 Å². The summed E-state index contributed by atoms with van der Waals surface area (Å²) in [6.45, 7) is 4.38. The first-order valence-electron chi connectivity index (χ1n) is 4.87. The van der Waals surface area contributed by atoms with Crippen molar-refractivity contribution in [1.29, 1.82) is 0 Å². The van der Waals surface area contributed by atoms with Crippen molar-refractivity contribution in [3.63, 3.8) is 0 Å². The Kier molecular flexibility index (Phi) is 3.53. The van der Waals surface area contributed by atoms with E-state index in [9.17, 15) is 0 Å². The van der Waals surface area contributed by atoms with E-state index >= 15 is 0 Å². The Morgan fingerprint density at radius 2 is 2.25 bits per heavy atom. The summed E-state index contributed by atoms with van der Waals surface area (Å²) in [5, 5.41) is 0. The molecule has 1 aliphatic rings. The molecule has 0 aromatic rings. The fourth-order valence-electron chi connectivity index (χ4n) is 1.68. The van der Waals surface area contributed by atoms with Crippen molar-refractivity contribution < 1.29 is 4.43 Å². The van der Waals surface area contributed by atoms with Gasteiger partial charge in [-0.2, -0.15) is 0 Å². The number of rotatable bonds is 3. The molecule has 0 aliphatic heterocycles. The molecule has 0 atom stereocenters. The minimum atomic E-state index is 0.0927. The lowest BCUT2D eigenvalue weighted by Crippen LogP contribution is -2.24. The van der Waals surface area contributed by atoms with Crippen LogP contribution in [0, 0.1) is 0 Å². The minimum Gasteiger partial charge on any atom is -0.423 e. The summed E-state index contributed by atoms with van der Waals surface area (Å²) in [4.78, 5) is 0. The molecule has 1 nitrogen and oxygen atoms in total. The van der Waals surface area contributed by atoms with Crippen LogP contribution < -0.4 is 0 Å². The van der Waals surface area contributed by atoms with Gasteiger partial charge >= 0.3 is 0 Å². The summed E-state index contributed by atoms with van der Waals surface area (Å²) in [7, 11) is 0.850. The van der Waals surface area contributed by atoms with Crippen molar-refractivity contribution in [3.8, 4) is 0 Å². The van der Waals surface area contributed by atoms with Gasteiger partial charge in [0.2, 0.25) is 0 Å². The molecule has 2 heteroatoms. The zero-order valence-electron chi connectivity index (χ0n) is 8.52. The summed E-state index contributed by atoms with van der Waals surface area (Å²) in [6, 6.07) is 0. The number of hydrogen-bond donors (Lipinski definition) is 0. The molecule has 0 N–H and O–H groups in total. The van der Waals surface area contributed by atoms with Crippen molar-refractivity contribution in [2.75, 3.05) is 0 Å². The highest BCUT2D eigenvalue weighted by Crippen LogP contribution is 2.26. The van der Waals surface area contributed by atoms with Crippen molar-refractivity contribution in [2.24, 2.45) is 0 Å². The molecule has 70 valence electrons. The summed E-state index contributed by atoms with van der Waals surface area (Å²) in [5.41, 5.74) is 1.71. The maximum Gasteiger partial charge on any atom is 0.146 e. The molecular formula is C10H20OSi. The van der Waals surface area contributed by atoms with Crippen LogP contribution in [0.3, 0.4) is 0 Å². The maximum absolute atomic E-state index is 5.54. The Morgan fingerprint density at radius 1 is 1.50 bits per heavy atom. The van der Waals surface area contributed by atoms with Gasteiger partial charge in [0.1, 0.15) is 10.5 Å². The summed E-state index contributed by atoms with van der Waals surface area (Å²) in [5.74, 6) is 0. The molecule has 1 rings (SSSR count). The molecule has 0 fully saturated rings. The van der Waals surface area contributed by atoms with E-state index < -0.39 is 0 Å². The van der Waals surface area contributed by atoms with Crippen LogP contribution in [0.5, 0.6) is 0 Å². The lowest BCUT2D eigenvalue weighted by Gasteiger charge is -2.26. The van der Waals surface area contributed by atoms with Crippen LogP contribution in [0.25, 0.3) is 0 Å².